The molecule has 0 amide bonds. The number of benzene rings is 1. The Kier molecular flexibility index (Phi) is 4.49. The first-order valence-electron chi connectivity index (χ1n) is 2.65. The van der Waals surface area contributed by atoms with Gasteiger partial charge in [0.05, 0.1) is 10.7 Å². The number of nitrogens with one attached hydrogen (secondary N) is 1. The molecule has 1 aromatic rings. The quantitative estimate of drug-likeness (QED) is 0.582. The molecule has 0 radical (unpaired) electrons. The summed E-state index contributed by atoms with van der Waals surface area (Å²) in [7, 11) is 0. The van der Waals surface area contributed by atoms with E-state index in [-0.39, 0.29) is 7.43 Å². The van der Waals surface area contributed by atoms with E-state index in [9.17, 15) is 0 Å². The Morgan fingerprint density at radius 2 is 2.09 bits per heavy atom. The highest BCUT2D eigenvalue weighted by molar-refractivity contribution is 9.10. The van der Waals surface area contributed by atoms with Crippen LogP contribution in [0.1, 0.15) is 7.43 Å². The molecular weight excluding hydrogens is 227 g/mol. The second-order valence-electron chi connectivity index (χ2n) is 1.77. The Morgan fingerprint density at radius 3 is 2.55 bits per heavy atom. The lowest BCUT2D eigenvalue weighted by Gasteiger charge is -2.00. The van der Waals surface area contributed by atoms with Crippen LogP contribution in [0.2, 0.25) is 5.02 Å². The van der Waals surface area contributed by atoms with Gasteiger partial charge in [-0.3, -0.25) is 5.84 Å². The molecule has 11 heavy (non-hydrogen) atoms. The summed E-state index contributed by atoms with van der Waals surface area (Å²) in [6, 6.07) is 5.40. The summed E-state index contributed by atoms with van der Waals surface area (Å²) >= 11 is 9.01. The molecular formula is C7H10BrClN2. The van der Waals surface area contributed by atoms with E-state index in [0.29, 0.717) is 5.02 Å². The first-order chi connectivity index (χ1) is 4.74. The van der Waals surface area contributed by atoms with Crippen molar-refractivity contribution in [3.05, 3.63) is 27.7 Å². The maximum absolute atomic E-state index is 5.75. The number of anilines is 1. The zero-order valence-corrected chi connectivity index (χ0v) is 7.41. The van der Waals surface area contributed by atoms with E-state index in [2.05, 4.69) is 21.4 Å². The fourth-order valence-corrected chi connectivity index (χ4v) is 1.01. The maximum atomic E-state index is 5.75. The lowest BCUT2D eigenvalue weighted by Crippen LogP contribution is -2.06. The lowest BCUT2D eigenvalue weighted by atomic mass is 10.3. The van der Waals surface area contributed by atoms with Crippen molar-refractivity contribution < 1.29 is 0 Å². The van der Waals surface area contributed by atoms with Crippen molar-refractivity contribution in [2.45, 2.75) is 7.43 Å². The molecule has 0 heterocycles. The van der Waals surface area contributed by atoms with Gasteiger partial charge in [0.25, 0.3) is 0 Å². The zero-order chi connectivity index (χ0) is 7.56. The minimum atomic E-state index is 0. The molecule has 0 aromatic heterocycles. The van der Waals surface area contributed by atoms with Crippen molar-refractivity contribution >= 4 is 33.2 Å². The van der Waals surface area contributed by atoms with Crippen molar-refractivity contribution in [2.24, 2.45) is 5.84 Å². The topological polar surface area (TPSA) is 38.0 Å². The van der Waals surface area contributed by atoms with Crippen LogP contribution in [-0.2, 0) is 0 Å². The third-order valence-corrected chi connectivity index (χ3v) is 2.32. The van der Waals surface area contributed by atoms with Crippen molar-refractivity contribution in [3.8, 4) is 0 Å². The third kappa shape index (κ3) is 2.69. The van der Waals surface area contributed by atoms with Crippen LogP contribution < -0.4 is 11.3 Å². The molecule has 0 spiro atoms. The van der Waals surface area contributed by atoms with E-state index in [0.717, 1.165) is 10.2 Å². The van der Waals surface area contributed by atoms with Crippen molar-refractivity contribution in [3.63, 3.8) is 0 Å². The smallest absolute Gasteiger partial charge is 0.0569 e. The minimum absolute atomic E-state index is 0. The number of hydrogen-bond donors (Lipinski definition) is 2. The number of nitrogen functional groups attached to an aromatic ring is 1. The van der Waals surface area contributed by atoms with Gasteiger partial charge >= 0.3 is 0 Å². The van der Waals surface area contributed by atoms with Crippen LogP contribution in [0.3, 0.4) is 0 Å². The summed E-state index contributed by atoms with van der Waals surface area (Å²) in [4.78, 5) is 0. The summed E-state index contributed by atoms with van der Waals surface area (Å²) < 4.78 is 0.869. The molecule has 0 saturated heterocycles. The second kappa shape index (κ2) is 4.59. The first kappa shape index (κ1) is 10.8. The van der Waals surface area contributed by atoms with Crippen LogP contribution in [0.25, 0.3) is 0 Å². The van der Waals surface area contributed by atoms with Crippen molar-refractivity contribution in [2.75, 3.05) is 5.43 Å². The molecule has 0 saturated carbocycles. The molecule has 1 rings (SSSR count). The highest BCUT2D eigenvalue weighted by Crippen LogP contribution is 2.24. The summed E-state index contributed by atoms with van der Waals surface area (Å²) in [5, 5.41) is 0.649. The van der Waals surface area contributed by atoms with E-state index in [1.54, 1.807) is 6.07 Å². The zero-order valence-electron chi connectivity index (χ0n) is 5.07. The maximum Gasteiger partial charge on any atom is 0.0569 e. The molecule has 62 valence electrons. The summed E-state index contributed by atoms with van der Waals surface area (Å²) in [5.41, 5.74) is 3.29. The van der Waals surface area contributed by atoms with E-state index in [4.69, 9.17) is 17.4 Å². The Hall–Kier alpha value is -0.250. The SMILES string of the molecule is C.NNc1ccc(Br)c(Cl)c1. The van der Waals surface area contributed by atoms with Crippen LogP contribution in [-0.4, -0.2) is 0 Å². The Balaban J connectivity index is 0.000001000. The highest BCUT2D eigenvalue weighted by atomic mass is 79.9. The average molecular weight is 238 g/mol. The van der Waals surface area contributed by atoms with Crippen LogP contribution in [0.4, 0.5) is 5.69 Å². The monoisotopic (exact) mass is 236 g/mol. The van der Waals surface area contributed by atoms with E-state index < -0.39 is 0 Å². The molecule has 0 aliphatic heterocycles. The van der Waals surface area contributed by atoms with Crippen LogP contribution >= 0.6 is 27.5 Å². The number of halogens is 2. The van der Waals surface area contributed by atoms with Crippen LogP contribution in [0, 0.1) is 0 Å². The Labute approximate surface area is 79.8 Å². The Morgan fingerprint density at radius 1 is 1.45 bits per heavy atom. The third-order valence-electron chi connectivity index (χ3n) is 1.09. The normalized spacial score (nSPS) is 8.64. The van der Waals surface area contributed by atoms with Gasteiger partial charge in [-0.1, -0.05) is 19.0 Å². The fourth-order valence-electron chi connectivity index (χ4n) is 0.586. The molecule has 0 fully saturated rings. The first-order valence-corrected chi connectivity index (χ1v) is 3.83. The molecule has 2 nitrogen and oxygen atoms in total. The van der Waals surface area contributed by atoms with Gasteiger partial charge in [0.15, 0.2) is 0 Å². The van der Waals surface area contributed by atoms with Crippen molar-refractivity contribution in [1.29, 1.82) is 0 Å². The number of nitrogens with two attached hydrogens (primary N) is 1. The average Bonchev–Trinajstić information content (AvgIpc) is 1.95. The number of hydrazine groups is 1. The molecule has 1 aromatic carbocycles. The lowest BCUT2D eigenvalue weighted by molar-refractivity contribution is 1.35. The predicted molar refractivity (Wildman–Crippen MR) is 53.7 cm³/mol. The second-order valence-corrected chi connectivity index (χ2v) is 3.03. The predicted octanol–water partition coefficient (Wildman–Crippen LogP) is 3.02. The highest BCUT2D eigenvalue weighted by Gasteiger charge is 1.95. The molecule has 0 unspecified atom stereocenters. The van der Waals surface area contributed by atoms with E-state index in [1.807, 2.05) is 12.1 Å². The molecule has 0 aliphatic carbocycles. The van der Waals surface area contributed by atoms with Gasteiger partial charge in [0.1, 0.15) is 0 Å². The molecule has 4 heteroatoms. The van der Waals surface area contributed by atoms with Crippen LogP contribution in [0.5, 0.6) is 0 Å². The summed E-state index contributed by atoms with van der Waals surface area (Å²) in [6.07, 6.45) is 0. The van der Waals surface area contributed by atoms with Crippen molar-refractivity contribution in [1.82, 2.24) is 0 Å². The van der Waals surface area contributed by atoms with Gasteiger partial charge < -0.3 is 5.43 Å². The van der Waals surface area contributed by atoms with Gasteiger partial charge in [-0.05, 0) is 34.1 Å². The van der Waals surface area contributed by atoms with Gasteiger partial charge in [-0.2, -0.15) is 0 Å². The number of hydrogen-bond acceptors (Lipinski definition) is 2. The summed E-state index contributed by atoms with van der Waals surface area (Å²) in [6.45, 7) is 0. The summed E-state index contributed by atoms with van der Waals surface area (Å²) in [5.74, 6) is 5.14. The van der Waals surface area contributed by atoms with E-state index in [1.165, 1.54) is 0 Å². The largest absolute Gasteiger partial charge is 0.324 e. The van der Waals surface area contributed by atoms with Gasteiger partial charge in [0.2, 0.25) is 0 Å². The van der Waals surface area contributed by atoms with Gasteiger partial charge in [0, 0.05) is 4.47 Å². The van der Waals surface area contributed by atoms with Gasteiger partial charge in [-0.15, -0.1) is 0 Å². The molecule has 0 aliphatic rings. The van der Waals surface area contributed by atoms with E-state index >= 15 is 0 Å². The minimum Gasteiger partial charge on any atom is -0.324 e. The standard InChI is InChI=1S/C6H6BrClN2.CH4/c7-5-2-1-4(10-9)3-6(5)8;/h1-3,10H,9H2;1H4. The Bertz CT molecular complexity index is 240. The molecule has 0 bridgehead atoms. The fraction of sp³-hybridized carbons (Fsp3) is 0.143. The van der Waals surface area contributed by atoms with Gasteiger partial charge in [-0.25, -0.2) is 0 Å². The van der Waals surface area contributed by atoms with Crippen LogP contribution in [0.15, 0.2) is 22.7 Å². The number of rotatable bonds is 1. The molecule has 0 atom stereocenters. The molecule has 3 N–H and O–H groups in total.